The summed E-state index contributed by atoms with van der Waals surface area (Å²) in [6.45, 7) is 9.85. The van der Waals surface area contributed by atoms with Crippen LogP contribution in [0.2, 0.25) is 0 Å². The molecule has 0 N–H and O–H groups in total. The molecule has 38 heavy (non-hydrogen) atoms. The molecule has 2 unspecified atom stereocenters. The summed E-state index contributed by atoms with van der Waals surface area (Å²) in [6, 6.07) is 5.75. The minimum absolute atomic E-state index is 0.173. The summed E-state index contributed by atoms with van der Waals surface area (Å²) in [5.74, 6) is 2.38. The van der Waals surface area contributed by atoms with Gasteiger partial charge in [-0.05, 0) is 82.2 Å². The molecule has 7 nitrogen and oxygen atoms in total. The maximum Gasteiger partial charge on any atom is 0.416 e. The Morgan fingerprint density at radius 1 is 1.16 bits per heavy atom. The van der Waals surface area contributed by atoms with Gasteiger partial charge in [0.2, 0.25) is 0 Å². The molecule has 2 aliphatic heterocycles. The lowest BCUT2D eigenvalue weighted by atomic mass is 9.97. The molecule has 208 valence electrons. The molecular formula is C27H36F3N5O2S. The summed E-state index contributed by atoms with van der Waals surface area (Å²) in [6.07, 6.45) is -1.36. The van der Waals surface area contributed by atoms with Crippen molar-refractivity contribution < 1.29 is 22.7 Å². The highest BCUT2D eigenvalue weighted by molar-refractivity contribution is 7.99. The summed E-state index contributed by atoms with van der Waals surface area (Å²) in [4.78, 5) is 16.4. The van der Waals surface area contributed by atoms with Gasteiger partial charge in [0, 0.05) is 32.4 Å². The minimum Gasteiger partial charge on any atom is -0.444 e. The molecular weight excluding hydrogens is 515 g/mol. The van der Waals surface area contributed by atoms with Crippen molar-refractivity contribution in [2.75, 3.05) is 38.5 Å². The van der Waals surface area contributed by atoms with E-state index in [-0.39, 0.29) is 17.4 Å². The predicted molar refractivity (Wildman–Crippen MR) is 139 cm³/mol. The van der Waals surface area contributed by atoms with E-state index in [4.69, 9.17) is 4.74 Å². The molecule has 0 radical (unpaired) electrons. The van der Waals surface area contributed by atoms with Crippen LogP contribution in [0.25, 0.3) is 0 Å². The fourth-order valence-corrected chi connectivity index (χ4v) is 6.57. The van der Waals surface area contributed by atoms with E-state index in [1.807, 2.05) is 32.4 Å². The van der Waals surface area contributed by atoms with Crippen molar-refractivity contribution in [1.29, 1.82) is 0 Å². The third-order valence-electron chi connectivity index (χ3n) is 7.91. The number of carbonyl (C=O) groups excluding carboxylic acids is 1. The Morgan fingerprint density at radius 2 is 1.87 bits per heavy atom. The molecule has 3 heterocycles. The molecule has 1 spiro atoms. The van der Waals surface area contributed by atoms with E-state index in [2.05, 4.69) is 15.1 Å². The largest absolute Gasteiger partial charge is 0.444 e. The van der Waals surface area contributed by atoms with Crippen LogP contribution in [-0.4, -0.2) is 74.7 Å². The summed E-state index contributed by atoms with van der Waals surface area (Å²) in [5, 5.41) is 9.65. The quantitative estimate of drug-likeness (QED) is 0.333. The van der Waals surface area contributed by atoms with Gasteiger partial charge in [0.15, 0.2) is 5.16 Å². The number of hydrogen-bond donors (Lipinski definition) is 0. The summed E-state index contributed by atoms with van der Waals surface area (Å²) in [5.41, 5.74) is 0.196. The van der Waals surface area contributed by atoms with Gasteiger partial charge in [-0.15, -0.1) is 10.2 Å². The first-order valence-electron chi connectivity index (χ1n) is 13.2. The van der Waals surface area contributed by atoms with Crippen LogP contribution in [0.5, 0.6) is 0 Å². The van der Waals surface area contributed by atoms with Crippen LogP contribution in [0.4, 0.5) is 18.0 Å². The second-order valence-electron chi connectivity index (χ2n) is 11.9. The van der Waals surface area contributed by atoms with Gasteiger partial charge in [-0.2, -0.15) is 13.2 Å². The Balaban J connectivity index is 1.03. The minimum atomic E-state index is -4.28. The summed E-state index contributed by atoms with van der Waals surface area (Å²) >= 11 is 1.70. The molecule has 3 fully saturated rings. The zero-order valence-electron chi connectivity index (χ0n) is 22.4. The molecule has 1 saturated carbocycles. The average Bonchev–Trinajstić information content (AvgIpc) is 3.15. The first-order chi connectivity index (χ1) is 17.8. The Hall–Kier alpha value is -2.27. The fourth-order valence-electron chi connectivity index (χ4n) is 5.73. The SMILES string of the molecule is Cn1c(SCCCN2CCC3(CC3c3ccc(C(F)(F)F)cc3)C2)nnc1C1CN(C(=O)OC(C)(C)C)C1. The molecule has 0 bridgehead atoms. The number of aromatic nitrogens is 3. The maximum atomic E-state index is 12.9. The number of nitrogens with zero attached hydrogens (tertiary/aromatic N) is 5. The van der Waals surface area contributed by atoms with Crippen LogP contribution in [0.1, 0.15) is 68.8 Å². The standard InChI is InChI=1S/C27H36F3N5O2S/c1-25(2,3)37-24(36)35-15-19(16-35)22-31-32-23(33(22)4)38-13-5-11-34-12-10-26(17-34)14-21(26)18-6-8-20(9-7-18)27(28,29)30/h6-9,19,21H,5,10-17H2,1-4H3. The molecule has 1 aromatic heterocycles. The van der Waals surface area contributed by atoms with Crippen LogP contribution in [-0.2, 0) is 18.0 Å². The van der Waals surface area contributed by atoms with E-state index in [1.165, 1.54) is 12.1 Å². The van der Waals surface area contributed by atoms with E-state index < -0.39 is 17.3 Å². The van der Waals surface area contributed by atoms with Crippen LogP contribution >= 0.6 is 11.8 Å². The Bertz CT molecular complexity index is 1160. The first kappa shape index (κ1) is 27.3. The van der Waals surface area contributed by atoms with Crippen molar-refractivity contribution in [3.05, 3.63) is 41.2 Å². The van der Waals surface area contributed by atoms with Crippen molar-refractivity contribution in [2.24, 2.45) is 12.5 Å². The monoisotopic (exact) mass is 551 g/mol. The number of carbonyl (C=O) groups is 1. The molecule has 2 atom stereocenters. The van der Waals surface area contributed by atoms with Crippen LogP contribution in [0, 0.1) is 5.41 Å². The highest BCUT2D eigenvalue weighted by atomic mass is 32.2. The van der Waals surface area contributed by atoms with Gasteiger partial charge in [-0.25, -0.2) is 4.79 Å². The van der Waals surface area contributed by atoms with Crippen LogP contribution in [0.15, 0.2) is 29.4 Å². The number of benzene rings is 1. The first-order valence-corrected chi connectivity index (χ1v) is 14.2. The molecule has 1 aliphatic carbocycles. The number of alkyl halides is 3. The molecule has 5 rings (SSSR count). The normalized spacial score (nSPS) is 24.2. The van der Waals surface area contributed by atoms with Gasteiger partial charge in [-0.3, -0.25) is 0 Å². The molecule has 1 aromatic carbocycles. The Labute approximate surface area is 226 Å². The topological polar surface area (TPSA) is 63.5 Å². The van der Waals surface area contributed by atoms with Crippen molar-refractivity contribution in [3.8, 4) is 0 Å². The van der Waals surface area contributed by atoms with Gasteiger partial charge in [0.1, 0.15) is 11.4 Å². The number of likely N-dealkylation sites (tertiary alicyclic amines) is 2. The highest BCUT2D eigenvalue weighted by Gasteiger charge is 2.57. The van der Waals surface area contributed by atoms with E-state index in [0.717, 1.165) is 61.2 Å². The van der Waals surface area contributed by atoms with Gasteiger partial charge < -0.3 is 19.1 Å². The Kier molecular flexibility index (Phi) is 7.21. The zero-order chi connectivity index (χ0) is 27.3. The number of rotatable bonds is 7. The van der Waals surface area contributed by atoms with Crippen molar-refractivity contribution >= 4 is 17.9 Å². The summed E-state index contributed by atoms with van der Waals surface area (Å²) < 4.78 is 46.1. The van der Waals surface area contributed by atoms with Gasteiger partial charge in [0.25, 0.3) is 0 Å². The second kappa shape index (κ2) is 10.0. The summed E-state index contributed by atoms with van der Waals surface area (Å²) in [7, 11) is 1.98. The van der Waals surface area contributed by atoms with Gasteiger partial charge >= 0.3 is 12.3 Å². The average molecular weight is 552 g/mol. The van der Waals surface area contributed by atoms with Crippen LogP contribution in [0.3, 0.4) is 0 Å². The van der Waals surface area contributed by atoms with E-state index in [1.54, 1.807) is 28.8 Å². The van der Waals surface area contributed by atoms with E-state index in [0.29, 0.717) is 19.0 Å². The van der Waals surface area contributed by atoms with E-state index in [9.17, 15) is 18.0 Å². The van der Waals surface area contributed by atoms with E-state index >= 15 is 0 Å². The second-order valence-corrected chi connectivity index (χ2v) is 13.0. The number of halogens is 3. The third-order valence-corrected chi connectivity index (χ3v) is 9.02. The third kappa shape index (κ3) is 5.83. The Morgan fingerprint density at radius 3 is 2.53 bits per heavy atom. The predicted octanol–water partition coefficient (Wildman–Crippen LogP) is 5.53. The van der Waals surface area contributed by atoms with Crippen molar-refractivity contribution in [3.63, 3.8) is 0 Å². The molecule has 2 aromatic rings. The number of hydrogen-bond acceptors (Lipinski definition) is 6. The number of thioether (sulfide) groups is 1. The molecule has 2 saturated heterocycles. The molecule has 3 aliphatic rings. The highest BCUT2D eigenvalue weighted by Crippen LogP contribution is 2.64. The lowest BCUT2D eigenvalue weighted by molar-refractivity contribution is -0.137. The molecule has 1 amide bonds. The maximum absolute atomic E-state index is 12.9. The number of amides is 1. The van der Waals surface area contributed by atoms with Crippen LogP contribution < -0.4 is 0 Å². The smallest absolute Gasteiger partial charge is 0.416 e. The molecule has 11 heteroatoms. The zero-order valence-corrected chi connectivity index (χ0v) is 23.2. The van der Waals surface area contributed by atoms with Gasteiger partial charge in [-0.1, -0.05) is 23.9 Å². The van der Waals surface area contributed by atoms with Gasteiger partial charge in [0.05, 0.1) is 11.5 Å². The lowest BCUT2D eigenvalue weighted by Gasteiger charge is -2.39. The fraction of sp³-hybridized carbons (Fsp3) is 0.667. The number of ether oxygens (including phenoxy) is 1. The van der Waals surface area contributed by atoms with Crippen molar-refractivity contribution in [1.82, 2.24) is 24.6 Å². The lowest BCUT2D eigenvalue weighted by Crippen LogP contribution is -2.50. The van der Waals surface area contributed by atoms with Crippen molar-refractivity contribution in [2.45, 2.75) is 68.8 Å².